The molecule has 12 heavy (non-hydrogen) atoms. The van der Waals surface area contributed by atoms with Gasteiger partial charge in [-0.1, -0.05) is 36.4 Å². The lowest BCUT2D eigenvalue weighted by molar-refractivity contribution is 1.55. The zero-order chi connectivity index (χ0) is 8.97. The molecule has 0 spiro atoms. The van der Waals surface area contributed by atoms with Crippen LogP contribution in [-0.2, 0) is 0 Å². The first kappa shape index (κ1) is 8.60. The van der Waals surface area contributed by atoms with Crippen molar-refractivity contribution in [2.24, 2.45) is 0 Å². The zero-order valence-corrected chi connectivity index (χ0v) is 7.25. The number of nitrogen functional groups attached to an aromatic ring is 1. The number of hydrogen-bond acceptors (Lipinski definition) is 1. The molecule has 62 valence electrons. The Hall–Kier alpha value is -1.50. The fraction of sp³-hybridized carbons (Fsp3) is 0.0909. The minimum Gasteiger partial charge on any atom is -0.399 e. The monoisotopic (exact) mass is 159 g/mol. The fourth-order valence-electron chi connectivity index (χ4n) is 0.971. The van der Waals surface area contributed by atoms with Crippen LogP contribution in [0, 0.1) is 0 Å². The molecular formula is C11H13N. The third kappa shape index (κ3) is 2.27. The van der Waals surface area contributed by atoms with E-state index in [0.29, 0.717) is 0 Å². The molecule has 0 fully saturated rings. The third-order valence-electron chi connectivity index (χ3n) is 1.63. The Labute approximate surface area is 73.2 Å². The van der Waals surface area contributed by atoms with Crippen molar-refractivity contribution in [3.8, 4) is 0 Å². The summed E-state index contributed by atoms with van der Waals surface area (Å²) >= 11 is 0. The highest BCUT2D eigenvalue weighted by atomic mass is 14.5. The second-order valence-corrected chi connectivity index (χ2v) is 2.76. The van der Waals surface area contributed by atoms with Gasteiger partial charge in [-0.3, -0.25) is 0 Å². The molecule has 1 nitrogen and oxygen atoms in total. The highest BCUT2D eigenvalue weighted by Gasteiger charge is 1.88. The first-order valence-corrected chi connectivity index (χ1v) is 3.88. The van der Waals surface area contributed by atoms with Crippen LogP contribution in [0.15, 0.2) is 42.5 Å². The standard InChI is InChI=1S/C11H13N/c1-3-9(2)7-10-5-4-6-11(12)8-10/h3-8H,1,12H2,2H3/b9-7+. The number of rotatable bonds is 2. The van der Waals surface area contributed by atoms with Gasteiger partial charge in [-0.2, -0.15) is 0 Å². The number of allylic oxidation sites excluding steroid dienone is 2. The summed E-state index contributed by atoms with van der Waals surface area (Å²) in [7, 11) is 0. The SMILES string of the molecule is C=C/C(C)=C/c1cccc(N)c1. The van der Waals surface area contributed by atoms with Gasteiger partial charge in [-0.15, -0.1) is 0 Å². The van der Waals surface area contributed by atoms with Gasteiger partial charge in [0, 0.05) is 5.69 Å². The van der Waals surface area contributed by atoms with Crippen LogP contribution in [0.1, 0.15) is 12.5 Å². The molecule has 0 heterocycles. The van der Waals surface area contributed by atoms with Crippen molar-refractivity contribution >= 4 is 11.8 Å². The molecule has 0 aliphatic rings. The molecule has 0 aliphatic carbocycles. The summed E-state index contributed by atoms with van der Waals surface area (Å²) in [5.74, 6) is 0. The van der Waals surface area contributed by atoms with Crippen molar-refractivity contribution in [2.45, 2.75) is 6.92 Å². The Bertz CT molecular complexity index is 311. The van der Waals surface area contributed by atoms with Crippen molar-refractivity contribution in [1.29, 1.82) is 0 Å². The third-order valence-corrected chi connectivity index (χ3v) is 1.63. The van der Waals surface area contributed by atoms with Gasteiger partial charge in [-0.05, 0) is 24.6 Å². The lowest BCUT2D eigenvalue weighted by atomic mass is 10.1. The molecule has 0 unspecified atom stereocenters. The van der Waals surface area contributed by atoms with E-state index in [1.165, 1.54) is 0 Å². The largest absolute Gasteiger partial charge is 0.399 e. The van der Waals surface area contributed by atoms with Crippen molar-refractivity contribution in [1.82, 2.24) is 0 Å². The predicted molar refractivity (Wildman–Crippen MR) is 54.7 cm³/mol. The van der Waals surface area contributed by atoms with Crippen molar-refractivity contribution < 1.29 is 0 Å². The van der Waals surface area contributed by atoms with E-state index in [1.54, 1.807) is 0 Å². The first-order valence-electron chi connectivity index (χ1n) is 3.88. The average Bonchev–Trinajstić information content (AvgIpc) is 2.04. The smallest absolute Gasteiger partial charge is 0.0319 e. The number of nitrogens with two attached hydrogens (primary N) is 1. The highest BCUT2D eigenvalue weighted by Crippen LogP contribution is 2.10. The number of anilines is 1. The summed E-state index contributed by atoms with van der Waals surface area (Å²) in [5.41, 5.74) is 8.67. The molecule has 0 saturated carbocycles. The molecule has 0 amide bonds. The van der Waals surface area contributed by atoms with Gasteiger partial charge >= 0.3 is 0 Å². The van der Waals surface area contributed by atoms with Crippen molar-refractivity contribution in [3.63, 3.8) is 0 Å². The average molecular weight is 159 g/mol. The molecule has 0 aromatic heterocycles. The molecule has 1 rings (SSSR count). The minimum absolute atomic E-state index is 0.792. The van der Waals surface area contributed by atoms with Gasteiger partial charge in [0.1, 0.15) is 0 Å². The van der Waals surface area contributed by atoms with E-state index in [1.807, 2.05) is 43.3 Å². The van der Waals surface area contributed by atoms with E-state index >= 15 is 0 Å². The Kier molecular flexibility index (Phi) is 2.70. The van der Waals surface area contributed by atoms with E-state index in [9.17, 15) is 0 Å². The topological polar surface area (TPSA) is 26.0 Å². The van der Waals surface area contributed by atoms with E-state index in [0.717, 1.165) is 16.8 Å². The Morgan fingerprint density at radius 2 is 2.25 bits per heavy atom. The Balaban J connectivity index is 2.97. The molecule has 2 N–H and O–H groups in total. The summed E-state index contributed by atoms with van der Waals surface area (Å²) in [6.07, 6.45) is 3.87. The normalized spacial score (nSPS) is 11.2. The molecule has 0 aliphatic heterocycles. The molecule has 0 saturated heterocycles. The molecule has 1 heteroatoms. The van der Waals surface area contributed by atoms with Crippen LogP contribution in [0.4, 0.5) is 5.69 Å². The zero-order valence-electron chi connectivity index (χ0n) is 7.25. The van der Waals surface area contributed by atoms with E-state index in [2.05, 4.69) is 6.58 Å². The Morgan fingerprint density at radius 3 is 2.83 bits per heavy atom. The second kappa shape index (κ2) is 3.77. The molecule has 0 radical (unpaired) electrons. The van der Waals surface area contributed by atoms with Gasteiger partial charge in [-0.25, -0.2) is 0 Å². The molecule has 1 aromatic carbocycles. The van der Waals surface area contributed by atoms with Gasteiger partial charge in [0.25, 0.3) is 0 Å². The molecular weight excluding hydrogens is 146 g/mol. The number of hydrogen-bond donors (Lipinski definition) is 1. The van der Waals surface area contributed by atoms with Crippen LogP contribution in [0.2, 0.25) is 0 Å². The van der Waals surface area contributed by atoms with Crippen LogP contribution in [-0.4, -0.2) is 0 Å². The van der Waals surface area contributed by atoms with Crippen molar-refractivity contribution in [3.05, 3.63) is 48.1 Å². The minimum atomic E-state index is 0.792. The molecule has 0 atom stereocenters. The van der Waals surface area contributed by atoms with Gasteiger partial charge < -0.3 is 5.73 Å². The predicted octanol–water partition coefficient (Wildman–Crippen LogP) is 2.86. The lowest BCUT2D eigenvalue weighted by Gasteiger charge is -1.96. The van der Waals surface area contributed by atoms with Gasteiger partial charge in [0.2, 0.25) is 0 Å². The Morgan fingerprint density at radius 1 is 1.50 bits per heavy atom. The first-order chi connectivity index (χ1) is 5.72. The molecule has 1 aromatic rings. The van der Waals surface area contributed by atoms with E-state index in [-0.39, 0.29) is 0 Å². The maximum atomic E-state index is 5.62. The molecule has 0 bridgehead atoms. The van der Waals surface area contributed by atoms with Crippen LogP contribution >= 0.6 is 0 Å². The van der Waals surface area contributed by atoms with Crippen LogP contribution < -0.4 is 5.73 Å². The number of benzene rings is 1. The summed E-state index contributed by atoms with van der Waals surface area (Å²) < 4.78 is 0. The summed E-state index contributed by atoms with van der Waals surface area (Å²) in [4.78, 5) is 0. The van der Waals surface area contributed by atoms with Crippen molar-refractivity contribution in [2.75, 3.05) is 5.73 Å². The van der Waals surface area contributed by atoms with E-state index < -0.39 is 0 Å². The van der Waals surface area contributed by atoms with Crippen LogP contribution in [0.5, 0.6) is 0 Å². The van der Waals surface area contributed by atoms with Crippen LogP contribution in [0.3, 0.4) is 0 Å². The fourth-order valence-corrected chi connectivity index (χ4v) is 0.971. The summed E-state index contributed by atoms with van der Waals surface area (Å²) in [6.45, 7) is 5.69. The van der Waals surface area contributed by atoms with E-state index in [4.69, 9.17) is 5.73 Å². The quantitative estimate of drug-likeness (QED) is 0.521. The van der Waals surface area contributed by atoms with Gasteiger partial charge in [0.15, 0.2) is 0 Å². The summed E-state index contributed by atoms with van der Waals surface area (Å²) in [5, 5.41) is 0. The summed E-state index contributed by atoms with van der Waals surface area (Å²) in [6, 6.07) is 7.77. The maximum Gasteiger partial charge on any atom is 0.0319 e. The highest BCUT2D eigenvalue weighted by molar-refractivity contribution is 5.59. The van der Waals surface area contributed by atoms with Gasteiger partial charge in [0.05, 0.1) is 0 Å². The van der Waals surface area contributed by atoms with Crippen LogP contribution in [0.25, 0.3) is 6.08 Å². The second-order valence-electron chi connectivity index (χ2n) is 2.76. The lowest BCUT2D eigenvalue weighted by Crippen LogP contribution is -1.83. The maximum absolute atomic E-state index is 5.62.